The van der Waals surface area contributed by atoms with Gasteiger partial charge >= 0.3 is 0 Å². The quantitative estimate of drug-likeness (QED) is 0.916. The third kappa shape index (κ3) is 4.22. The molecule has 6 heteroatoms. The summed E-state index contributed by atoms with van der Waals surface area (Å²) in [6.07, 6.45) is 3.32. The first kappa shape index (κ1) is 16.7. The van der Waals surface area contributed by atoms with Crippen molar-refractivity contribution in [1.82, 2.24) is 5.32 Å². The Morgan fingerprint density at radius 1 is 1.26 bits per heavy atom. The molecule has 1 saturated carbocycles. The van der Waals surface area contributed by atoms with E-state index in [4.69, 9.17) is 21.1 Å². The number of amides is 1. The van der Waals surface area contributed by atoms with Gasteiger partial charge in [0.1, 0.15) is 5.82 Å². The molecule has 0 radical (unpaired) electrons. The van der Waals surface area contributed by atoms with Crippen LogP contribution in [0, 0.1) is 5.82 Å². The fraction of sp³-hybridized carbons (Fsp3) is 0.588. The van der Waals surface area contributed by atoms with Gasteiger partial charge in [-0.25, -0.2) is 4.39 Å². The summed E-state index contributed by atoms with van der Waals surface area (Å²) in [6.45, 7) is 1.27. The summed E-state index contributed by atoms with van der Waals surface area (Å²) in [4.78, 5) is 12.1. The zero-order valence-electron chi connectivity index (χ0n) is 12.9. The van der Waals surface area contributed by atoms with E-state index in [1.54, 1.807) is 12.1 Å². The van der Waals surface area contributed by atoms with E-state index in [0.29, 0.717) is 30.2 Å². The number of hydrogen-bond acceptors (Lipinski definition) is 3. The number of fused-ring (bicyclic) bond motifs is 1. The summed E-state index contributed by atoms with van der Waals surface area (Å²) in [5, 5.41) is 3.39. The highest BCUT2D eigenvalue weighted by molar-refractivity contribution is 6.31. The van der Waals surface area contributed by atoms with Crippen LogP contribution in [0.5, 0.6) is 0 Å². The molecular weight excluding hydrogens is 321 g/mol. The van der Waals surface area contributed by atoms with Crippen molar-refractivity contribution in [2.45, 2.75) is 50.4 Å². The molecule has 2 aliphatic rings. The molecule has 1 heterocycles. The van der Waals surface area contributed by atoms with Crippen molar-refractivity contribution in [2.24, 2.45) is 0 Å². The van der Waals surface area contributed by atoms with Crippen LogP contribution >= 0.6 is 11.6 Å². The Hall–Kier alpha value is -1.17. The molecule has 1 N–H and O–H groups in total. The predicted octanol–water partition coefficient (Wildman–Crippen LogP) is 2.86. The minimum absolute atomic E-state index is 0.0730. The highest BCUT2D eigenvalue weighted by Crippen LogP contribution is 2.27. The Balaban J connectivity index is 1.48. The van der Waals surface area contributed by atoms with Crippen molar-refractivity contribution in [3.8, 4) is 0 Å². The lowest BCUT2D eigenvalue weighted by Gasteiger charge is -2.39. The van der Waals surface area contributed by atoms with Gasteiger partial charge in [-0.15, -0.1) is 0 Å². The normalized spacial score (nSPS) is 27.3. The maximum atomic E-state index is 13.7. The molecule has 3 unspecified atom stereocenters. The van der Waals surface area contributed by atoms with Gasteiger partial charge < -0.3 is 14.8 Å². The number of carbonyl (C=O) groups is 1. The van der Waals surface area contributed by atoms with Gasteiger partial charge in [-0.2, -0.15) is 0 Å². The van der Waals surface area contributed by atoms with Gasteiger partial charge in [-0.05, 0) is 37.8 Å². The molecule has 1 saturated heterocycles. The molecule has 0 aromatic heterocycles. The van der Waals surface area contributed by atoms with Crippen LogP contribution in [0.15, 0.2) is 18.2 Å². The molecule has 1 amide bonds. The maximum absolute atomic E-state index is 13.7. The van der Waals surface area contributed by atoms with Crippen molar-refractivity contribution in [2.75, 3.05) is 13.2 Å². The molecule has 0 spiro atoms. The standard InChI is InChI=1S/C17H21ClFNO3/c18-13-2-1-3-14(19)12(13)5-7-17(21)20-11-4-6-15-16(10-11)23-9-8-22-15/h1-3,11,15-16H,4-10H2,(H,20,21). The Kier molecular flexibility index (Phi) is 5.51. The van der Waals surface area contributed by atoms with Crippen molar-refractivity contribution in [1.29, 1.82) is 0 Å². The average Bonchev–Trinajstić information content (AvgIpc) is 2.54. The molecule has 2 fully saturated rings. The van der Waals surface area contributed by atoms with Gasteiger partial charge in [0.15, 0.2) is 0 Å². The molecular formula is C17H21ClFNO3. The number of ether oxygens (including phenoxy) is 2. The summed E-state index contributed by atoms with van der Waals surface area (Å²) in [7, 11) is 0. The van der Waals surface area contributed by atoms with E-state index in [1.807, 2.05) is 0 Å². The molecule has 4 nitrogen and oxygen atoms in total. The molecule has 1 aliphatic heterocycles. The van der Waals surface area contributed by atoms with Gasteiger partial charge in [0.2, 0.25) is 5.91 Å². The van der Waals surface area contributed by atoms with E-state index < -0.39 is 0 Å². The van der Waals surface area contributed by atoms with E-state index in [0.717, 1.165) is 19.3 Å². The molecule has 0 bridgehead atoms. The van der Waals surface area contributed by atoms with Crippen molar-refractivity contribution >= 4 is 17.5 Å². The maximum Gasteiger partial charge on any atom is 0.220 e. The van der Waals surface area contributed by atoms with Gasteiger partial charge in [0.05, 0.1) is 25.4 Å². The van der Waals surface area contributed by atoms with E-state index in [1.165, 1.54) is 6.07 Å². The number of benzene rings is 1. The Morgan fingerprint density at radius 2 is 2.04 bits per heavy atom. The van der Waals surface area contributed by atoms with E-state index in [9.17, 15) is 9.18 Å². The topological polar surface area (TPSA) is 47.6 Å². The minimum atomic E-state index is -0.362. The fourth-order valence-electron chi connectivity index (χ4n) is 3.31. The van der Waals surface area contributed by atoms with E-state index in [2.05, 4.69) is 5.32 Å². The van der Waals surface area contributed by atoms with Crippen LogP contribution in [0.2, 0.25) is 5.02 Å². The first-order valence-electron chi connectivity index (χ1n) is 8.09. The number of rotatable bonds is 4. The summed E-state index contributed by atoms with van der Waals surface area (Å²) in [5.41, 5.74) is 0.400. The van der Waals surface area contributed by atoms with Gasteiger partial charge in [0, 0.05) is 23.0 Å². The zero-order valence-corrected chi connectivity index (χ0v) is 13.7. The molecule has 1 aromatic rings. The van der Waals surface area contributed by atoms with Crippen molar-refractivity contribution < 1.29 is 18.7 Å². The lowest BCUT2D eigenvalue weighted by molar-refractivity contribution is -0.158. The van der Waals surface area contributed by atoms with Gasteiger partial charge in [0.25, 0.3) is 0 Å². The van der Waals surface area contributed by atoms with Crippen LogP contribution in [0.3, 0.4) is 0 Å². The Labute approximate surface area is 140 Å². The van der Waals surface area contributed by atoms with Crippen LogP contribution in [0.25, 0.3) is 0 Å². The molecule has 3 atom stereocenters. The molecule has 1 aromatic carbocycles. The minimum Gasteiger partial charge on any atom is -0.373 e. The monoisotopic (exact) mass is 341 g/mol. The first-order chi connectivity index (χ1) is 11.1. The third-order valence-electron chi connectivity index (χ3n) is 4.51. The number of nitrogens with one attached hydrogen (secondary N) is 1. The molecule has 3 rings (SSSR count). The van der Waals surface area contributed by atoms with Crippen LogP contribution in [-0.2, 0) is 20.7 Å². The third-order valence-corrected chi connectivity index (χ3v) is 4.86. The van der Waals surface area contributed by atoms with E-state index >= 15 is 0 Å². The lowest BCUT2D eigenvalue weighted by atomic mass is 9.89. The second-order valence-electron chi connectivity index (χ2n) is 6.10. The molecule has 1 aliphatic carbocycles. The van der Waals surface area contributed by atoms with Crippen LogP contribution in [-0.4, -0.2) is 37.4 Å². The summed E-state index contributed by atoms with van der Waals surface area (Å²) in [6, 6.07) is 4.66. The highest BCUT2D eigenvalue weighted by atomic mass is 35.5. The second-order valence-corrected chi connectivity index (χ2v) is 6.50. The highest BCUT2D eigenvalue weighted by Gasteiger charge is 2.34. The summed E-state index contributed by atoms with van der Waals surface area (Å²) < 4.78 is 25.1. The lowest BCUT2D eigenvalue weighted by Crippen LogP contribution is -2.49. The largest absolute Gasteiger partial charge is 0.373 e. The number of carbonyl (C=O) groups excluding carboxylic acids is 1. The first-order valence-corrected chi connectivity index (χ1v) is 8.46. The van der Waals surface area contributed by atoms with Crippen LogP contribution < -0.4 is 5.32 Å². The smallest absolute Gasteiger partial charge is 0.220 e. The van der Waals surface area contributed by atoms with Crippen molar-refractivity contribution in [3.05, 3.63) is 34.6 Å². The average molecular weight is 342 g/mol. The molecule has 126 valence electrons. The predicted molar refractivity (Wildman–Crippen MR) is 85.0 cm³/mol. The van der Waals surface area contributed by atoms with Crippen LogP contribution in [0.1, 0.15) is 31.2 Å². The van der Waals surface area contributed by atoms with E-state index in [-0.39, 0.29) is 36.4 Å². The molecule has 23 heavy (non-hydrogen) atoms. The van der Waals surface area contributed by atoms with Crippen LogP contribution in [0.4, 0.5) is 4.39 Å². The fourth-order valence-corrected chi connectivity index (χ4v) is 3.56. The summed E-state index contributed by atoms with van der Waals surface area (Å²) in [5.74, 6) is -0.442. The zero-order chi connectivity index (χ0) is 16.2. The van der Waals surface area contributed by atoms with Gasteiger partial charge in [-0.1, -0.05) is 17.7 Å². The van der Waals surface area contributed by atoms with Gasteiger partial charge in [-0.3, -0.25) is 4.79 Å². The Bertz CT molecular complexity index is 549. The second kappa shape index (κ2) is 7.60. The Morgan fingerprint density at radius 3 is 2.83 bits per heavy atom. The van der Waals surface area contributed by atoms with Crippen molar-refractivity contribution in [3.63, 3.8) is 0 Å². The SMILES string of the molecule is O=C(CCc1c(F)cccc1Cl)NC1CCC2OCCOC2C1. The number of hydrogen-bond donors (Lipinski definition) is 1. The number of halogens is 2. The summed E-state index contributed by atoms with van der Waals surface area (Å²) >= 11 is 5.98.